The van der Waals surface area contributed by atoms with E-state index >= 15 is 0 Å². The summed E-state index contributed by atoms with van der Waals surface area (Å²) in [5, 5.41) is 3.66. The summed E-state index contributed by atoms with van der Waals surface area (Å²) >= 11 is 0. The molecule has 2 aromatic carbocycles. The minimum Gasteiger partial charge on any atom is -0.456 e. The molecule has 4 rings (SSSR count). The topological polar surface area (TPSA) is 26.0 Å². The van der Waals surface area contributed by atoms with Gasteiger partial charge in [-0.05, 0) is 6.07 Å². The number of hydrogen-bond acceptors (Lipinski definition) is 2. The van der Waals surface area contributed by atoms with Crippen molar-refractivity contribution in [3.05, 3.63) is 60.8 Å². The number of pyridine rings is 1. The molecular formula is C20H19NOSi. The molecule has 0 saturated carbocycles. The Morgan fingerprint density at radius 1 is 0.826 bits per heavy atom. The van der Waals surface area contributed by atoms with Gasteiger partial charge in [-0.2, -0.15) is 0 Å². The first-order valence-corrected chi connectivity index (χ1v) is 11.4. The molecule has 2 nitrogen and oxygen atoms in total. The van der Waals surface area contributed by atoms with Crippen LogP contribution in [0.5, 0.6) is 0 Å². The van der Waals surface area contributed by atoms with E-state index in [0.717, 1.165) is 33.2 Å². The average Bonchev–Trinajstić information content (AvgIpc) is 2.92. The van der Waals surface area contributed by atoms with Gasteiger partial charge in [0, 0.05) is 28.6 Å². The SMILES string of the molecule is C[Si](C)(C)c1ccc(-c2cc3oc4ccccc4c3cn2)cc1. The van der Waals surface area contributed by atoms with Gasteiger partial charge in [-0.15, -0.1) is 0 Å². The number of hydrogen-bond donors (Lipinski definition) is 0. The van der Waals surface area contributed by atoms with E-state index in [-0.39, 0.29) is 0 Å². The number of fused-ring (bicyclic) bond motifs is 3. The second-order valence-electron chi connectivity index (χ2n) is 6.99. The maximum absolute atomic E-state index is 5.96. The van der Waals surface area contributed by atoms with Crippen molar-refractivity contribution in [3.8, 4) is 11.3 Å². The summed E-state index contributed by atoms with van der Waals surface area (Å²) in [7, 11) is -1.26. The van der Waals surface area contributed by atoms with Crippen molar-refractivity contribution in [1.29, 1.82) is 0 Å². The molecule has 0 aliphatic rings. The van der Waals surface area contributed by atoms with Crippen LogP contribution in [-0.2, 0) is 0 Å². The Kier molecular flexibility index (Phi) is 3.13. The fourth-order valence-electron chi connectivity index (χ4n) is 2.92. The van der Waals surface area contributed by atoms with Gasteiger partial charge in [-0.25, -0.2) is 0 Å². The molecule has 0 aliphatic heterocycles. The van der Waals surface area contributed by atoms with Crippen LogP contribution in [0.15, 0.2) is 65.2 Å². The summed E-state index contributed by atoms with van der Waals surface area (Å²) in [6.07, 6.45) is 1.92. The van der Waals surface area contributed by atoms with Crippen molar-refractivity contribution in [1.82, 2.24) is 4.98 Å². The van der Waals surface area contributed by atoms with E-state index in [9.17, 15) is 0 Å². The zero-order valence-corrected chi connectivity index (χ0v) is 14.6. The second-order valence-corrected chi connectivity index (χ2v) is 12.1. The molecule has 4 aromatic rings. The molecule has 0 bridgehead atoms. The Morgan fingerprint density at radius 3 is 2.30 bits per heavy atom. The van der Waals surface area contributed by atoms with E-state index in [1.165, 1.54) is 5.19 Å². The van der Waals surface area contributed by atoms with Gasteiger partial charge in [0.15, 0.2) is 0 Å². The standard InChI is InChI=1S/C20H19NOSi/c1-23(2,3)15-10-8-14(9-11-15)18-12-20-17(13-21-18)16-6-4-5-7-19(16)22-20/h4-13H,1-3H3. The Bertz CT molecular complexity index is 994. The van der Waals surface area contributed by atoms with Crippen LogP contribution >= 0.6 is 0 Å². The van der Waals surface area contributed by atoms with Crippen molar-refractivity contribution < 1.29 is 4.42 Å². The molecule has 0 unspecified atom stereocenters. The number of furan rings is 1. The number of aromatic nitrogens is 1. The fourth-order valence-corrected chi connectivity index (χ4v) is 4.09. The van der Waals surface area contributed by atoms with E-state index in [0.29, 0.717) is 0 Å². The molecule has 114 valence electrons. The summed E-state index contributed by atoms with van der Waals surface area (Å²) in [6.45, 7) is 7.09. The van der Waals surface area contributed by atoms with Crippen molar-refractivity contribution in [2.45, 2.75) is 19.6 Å². The lowest BCUT2D eigenvalue weighted by molar-refractivity contribution is 0.668. The summed E-state index contributed by atoms with van der Waals surface area (Å²) in [6, 6.07) is 19.0. The van der Waals surface area contributed by atoms with Crippen LogP contribution in [0, 0.1) is 0 Å². The van der Waals surface area contributed by atoms with Gasteiger partial charge in [0.25, 0.3) is 0 Å². The number of nitrogens with zero attached hydrogens (tertiary/aromatic N) is 1. The Labute approximate surface area is 136 Å². The summed E-state index contributed by atoms with van der Waals surface area (Å²) < 4.78 is 5.96. The first-order valence-electron chi connectivity index (χ1n) is 7.90. The molecule has 2 aromatic heterocycles. The van der Waals surface area contributed by atoms with E-state index in [1.54, 1.807) is 0 Å². The monoisotopic (exact) mass is 317 g/mol. The third-order valence-electron chi connectivity index (χ3n) is 4.31. The lowest BCUT2D eigenvalue weighted by Gasteiger charge is -2.16. The van der Waals surface area contributed by atoms with Gasteiger partial charge in [0.2, 0.25) is 0 Å². The van der Waals surface area contributed by atoms with Gasteiger partial charge in [0.1, 0.15) is 11.2 Å². The lowest BCUT2D eigenvalue weighted by Crippen LogP contribution is -2.37. The molecule has 0 spiro atoms. The Balaban J connectivity index is 1.81. The molecule has 2 heterocycles. The summed E-state index contributed by atoms with van der Waals surface area (Å²) in [5.41, 5.74) is 3.90. The van der Waals surface area contributed by atoms with Gasteiger partial charge in [-0.1, -0.05) is 67.3 Å². The zero-order chi connectivity index (χ0) is 16.0. The van der Waals surface area contributed by atoms with Crippen LogP contribution in [-0.4, -0.2) is 13.1 Å². The molecular weight excluding hydrogens is 298 g/mol. The van der Waals surface area contributed by atoms with Gasteiger partial charge < -0.3 is 4.42 Å². The first-order chi connectivity index (χ1) is 11.0. The average molecular weight is 317 g/mol. The van der Waals surface area contributed by atoms with Gasteiger partial charge >= 0.3 is 0 Å². The third kappa shape index (κ3) is 2.47. The van der Waals surface area contributed by atoms with Crippen LogP contribution in [0.3, 0.4) is 0 Å². The summed E-state index contributed by atoms with van der Waals surface area (Å²) in [4.78, 5) is 4.64. The smallest absolute Gasteiger partial charge is 0.139 e. The third-order valence-corrected chi connectivity index (χ3v) is 6.38. The molecule has 0 radical (unpaired) electrons. The second kappa shape index (κ2) is 5.07. The Morgan fingerprint density at radius 2 is 1.57 bits per heavy atom. The predicted octanol–water partition coefficient (Wildman–Crippen LogP) is 5.19. The maximum atomic E-state index is 5.96. The van der Waals surface area contributed by atoms with Crippen molar-refractivity contribution in [2.75, 3.05) is 0 Å². The highest BCUT2D eigenvalue weighted by Crippen LogP contribution is 2.30. The molecule has 0 amide bonds. The van der Waals surface area contributed by atoms with Crippen LogP contribution < -0.4 is 5.19 Å². The predicted molar refractivity (Wildman–Crippen MR) is 99.9 cm³/mol. The molecule has 0 N–H and O–H groups in total. The highest BCUT2D eigenvalue weighted by atomic mass is 28.3. The number of rotatable bonds is 2. The maximum Gasteiger partial charge on any atom is 0.139 e. The van der Waals surface area contributed by atoms with Crippen LogP contribution in [0.4, 0.5) is 0 Å². The van der Waals surface area contributed by atoms with E-state index in [2.05, 4.69) is 55.0 Å². The molecule has 23 heavy (non-hydrogen) atoms. The quantitative estimate of drug-likeness (QED) is 0.475. The number of para-hydroxylation sites is 1. The minimum absolute atomic E-state index is 0.894. The highest BCUT2D eigenvalue weighted by molar-refractivity contribution is 6.88. The van der Waals surface area contributed by atoms with Gasteiger partial charge in [0.05, 0.1) is 13.8 Å². The molecule has 0 saturated heterocycles. The largest absolute Gasteiger partial charge is 0.456 e. The molecule has 3 heteroatoms. The Hall–Kier alpha value is -2.39. The number of benzene rings is 2. The molecule has 0 fully saturated rings. The van der Waals surface area contributed by atoms with Crippen molar-refractivity contribution >= 4 is 35.2 Å². The first kappa shape index (κ1) is 14.2. The van der Waals surface area contributed by atoms with Crippen LogP contribution in [0.1, 0.15) is 0 Å². The highest BCUT2D eigenvalue weighted by Gasteiger charge is 2.16. The lowest BCUT2D eigenvalue weighted by atomic mass is 10.1. The van der Waals surface area contributed by atoms with Crippen molar-refractivity contribution in [2.24, 2.45) is 0 Å². The van der Waals surface area contributed by atoms with Crippen LogP contribution in [0.2, 0.25) is 19.6 Å². The fraction of sp³-hybridized carbons (Fsp3) is 0.150. The van der Waals surface area contributed by atoms with E-state index in [4.69, 9.17) is 4.42 Å². The van der Waals surface area contributed by atoms with E-state index in [1.807, 2.05) is 30.5 Å². The van der Waals surface area contributed by atoms with E-state index < -0.39 is 8.07 Å². The van der Waals surface area contributed by atoms with Crippen LogP contribution in [0.25, 0.3) is 33.2 Å². The zero-order valence-electron chi connectivity index (χ0n) is 13.6. The summed E-state index contributed by atoms with van der Waals surface area (Å²) in [5.74, 6) is 0. The van der Waals surface area contributed by atoms with Crippen molar-refractivity contribution in [3.63, 3.8) is 0 Å². The molecule has 0 atom stereocenters. The molecule has 0 aliphatic carbocycles. The van der Waals surface area contributed by atoms with Gasteiger partial charge in [-0.3, -0.25) is 4.98 Å². The normalized spacial score (nSPS) is 12.1. The minimum atomic E-state index is -1.26.